The van der Waals surface area contributed by atoms with Crippen LogP contribution in [0.5, 0.6) is 0 Å². The van der Waals surface area contributed by atoms with Gasteiger partial charge in [-0.05, 0) is 51.8 Å². The highest BCUT2D eigenvalue weighted by Crippen LogP contribution is 2.24. The lowest BCUT2D eigenvalue weighted by Crippen LogP contribution is -2.46. The van der Waals surface area contributed by atoms with Crippen molar-refractivity contribution in [3.8, 4) is 0 Å². The molecule has 0 bridgehead atoms. The number of alkyl carbamates (subject to hydrolysis) is 1. The van der Waals surface area contributed by atoms with E-state index in [1.165, 1.54) is 20.3 Å². The maximum atomic E-state index is 11.9. The van der Waals surface area contributed by atoms with E-state index in [1.807, 2.05) is 20.8 Å². The summed E-state index contributed by atoms with van der Waals surface area (Å²) in [5, 5.41) is 2.89. The molecule has 0 radical (unpaired) electrons. The second kappa shape index (κ2) is 8.95. The number of anilines is 1. The van der Waals surface area contributed by atoms with Crippen molar-refractivity contribution in [1.82, 2.24) is 5.32 Å². The van der Waals surface area contributed by atoms with Crippen LogP contribution in [0, 0.1) is 0 Å². The highest BCUT2D eigenvalue weighted by atomic mass is 16.6. The van der Waals surface area contributed by atoms with Crippen LogP contribution in [0.4, 0.5) is 10.5 Å². The molecule has 1 aromatic rings. The van der Waals surface area contributed by atoms with Crippen molar-refractivity contribution < 1.29 is 28.6 Å². The van der Waals surface area contributed by atoms with Crippen molar-refractivity contribution in [3.63, 3.8) is 0 Å². The maximum absolute atomic E-state index is 11.9. The molecule has 28 heavy (non-hydrogen) atoms. The number of rotatable bonds is 4. The van der Waals surface area contributed by atoms with Gasteiger partial charge in [-0.2, -0.15) is 0 Å². The molecule has 1 aliphatic heterocycles. The predicted molar refractivity (Wildman–Crippen MR) is 104 cm³/mol. The Labute approximate surface area is 165 Å². The smallest absolute Gasteiger partial charge is 0.407 e. The lowest BCUT2D eigenvalue weighted by Gasteiger charge is -2.34. The van der Waals surface area contributed by atoms with Crippen LogP contribution in [0.3, 0.4) is 0 Å². The second-order valence-corrected chi connectivity index (χ2v) is 7.66. The average Bonchev–Trinajstić information content (AvgIpc) is 2.65. The Morgan fingerprint density at radius 3 is 1.89 bits per heavy atom. The van der Waals surface area contributed by atoms with Gasteiger partial charge in [0.05, 0.1) is 25.3 Å². The lowest BCUT2D eigenvalue weighted by atomic mass is 10.0. The number of esters is 2. The van der Waals surface area contributed by atoms with Crippen LogP contribution in [0.25, 0.3) is 0 Å². The summed E-state index contributed by atoms with van der Waals surface area (Å²) < 4.78 is 14.8. The van der Waals surface area contributed by atoms with Crippen LogP contribution in [0.15, 0.2) is 18.2 Å². The van der Waals surface area contributed by atoms with Gasteiger partial charge in [0, 0.05) is 24.8 Å². The molecule has 154 valence electrons. The van der Waals surface area contributed by atoms with Gasteiger partial charge in [0.1, 0.15) is 5.60 Å². The molecule has 1 heterocycles. The summed E-state index contributed by atoms with van der Waals surface area (Å²) in [5.41, 5.74) is 0.770. The number of piperidine rings is 1. The summed E-state index contributed by atoms with van der Waals surface area (Å²) in [5.74, 6) is -1.04. The third kappa shape index (κ3) is 5.87. The Morgan fingerprint density at radius 1 is 0.964 bits per heavy atom. The minimum absolute atomic E-state index is 0.00923. The SMILES string of the molecule is COC(=O)c1cc(C(=O)OC)cc(N2CCC(NC(=O)OC(C)(C)C)CC2)c1. The molecule has 0 aromatic heterocycles. The predicted octanol–water partition coefficient (Wildman–Crippen LogP) is 2.75. The van der Waals surface area contributed by atoms with Crippen molar-refractivity contribution in [2.45, 2.75) is 45.3 Å². The van der Waals surface area contributed by atoms with E-state index in [0.717, 1.165) is 18.5 Å². The van der Waals surface area contributed by atoms with Gasteiger partial charge in [0.15, 0.2) is 0 Å². The average molecular weight is 392 g/mol. The van der Waals surface area contributed by atoms with Crippen LogP contribution in [-0.2, 0) is 14.2 Å². The zero-order chi connectivity index (χ0) is 20.9. The minimum Gasteiger partial charge on any atom is -0.465 e. The van der Waals surface area contributed by atoms with E-state index in [1.54, 1.807) is 12.1 Å². The first-order valence-corrected chi connectivity index (χ1v) is 9.19. The topological polar surface area (TPSA) is 94.2 Å². The number of hydrogen-bond donors (Lipinski definition) is 1. The number of carbonyl (C=O) groups excluding carboxylic acids is 3. The van der Waals surface area contributed by atoms with Gasteiger partial charge in [-0.1, -0.05) is 0 Å². The third-order valence-electron chi connectivity index (χ3n) is 4.34. The highest BCUT2D eigenvalue weighted by molar-refractivity contribution is 5.97. The van der Waals surface area contributed by atoms with Gasteiger partial charge in [0.2, 0.25) is 0 Å². The monoisotopic (exact) mass is 392 g/mol. The molecule has 8 nitrogen and oxygen atoms in total. The second-order valence-electron chi connectivity index (χ2n) is 7.66. The number of hydrogen-bond acceptors (Lipinski definition) is 7. The van der Waals surface area contributed by atoms with E-state index < -0.39 is 23.6 Å². The molecule has 1 N–H and O–H groups in total. The quantitative estimate of drug-likeness (QED) is 0.622. The Bertz CT molecular complexity index is 698. The number of nitrogens with zero attached hydrogens (tertiary/aromatic N) is 1. The number of ether oxygens (including phenoxy) is 3. The standard InChI is InChI=1S/C20H28N2O6/c1-20(2,3)28-19(25)21-15-6-8-22(9-7-15)16-11-13(17(23)26-4)10-14(12-16)18(24)27-5/h10-12,15H,6-9H2,1-5H3,(H,21,25). The molecule has 0 unspecified atom stereocenters. The number of methoxy groups -OCH3 is 2. The van der Waals surface area contributed by atoms with Gasteiger partial charge in [-0.3, -0.25) is 0 Å². The first-order chi connectivity index (χ1) is 13.1. The van der Waals surface area contributed by atoms with Crippen LogP contribution < -0.4 is 10.2 Å². The fourth-order valence-electron chi connectivity index (χ4n) is 3.02. The Kier molecular flexibility index (Phi) is 6.88. The van der Waals surface area contributed by atoms with E-state index in [9.17, 15) is 14.4 Å². The maximum Gasteiger partial charge on any atom is 0.407 e. The minimum atomic E-state index is -0.538. The third-order valence-corrected chi connectivity index (χ3v) is 4.34. The van der Waals surface area contributed by atoms with Crippen molar-refractivity contribution in [2.75, 3.05) is 32.2 Å². The number of carbonyl (C=O) groups is 3. The van der Waals surface area contributed by atoms with E-state index in [2.05, 4.69) is 10.2 Å². The summed E-state index contributed by atoms with van der Waals surface area (Å²) in [4.78, 5) is 37.9. The summed E-state index contributed by atoms with van der Waals surface area (Å²) in [6, 6.07) is 4.85. The molecular weight excluding hydrogens is 364 g/mol. The highest BCUT2D eigenvalue weighted by Gasteiger charge is 2.25. The van der Waals surface area contributed by atoms with E-state index >= 15 is 0 Å². The van der Waals surface area contributed by atoms with Gasteiger partial charge >= 0.3 is 18.0 Å². The molecule has 0 spiro atoms. The molecule has 8 heteroatoms. The lowest BCUT2D eigenvalue weighted by molar-refractivity contribution is 0.0495. The Hall–Kier alpha value is -2.77. The van der Waals surface area contributed by atoms with Gasteiger partial charge in [-0.15, -0.1) is 0 Å². The molecule has 1 amide bonds. The molecule has 1 aliphatic rings. The van der Waals surface area contributed by atoms with Gasteiger partial charge in [-0.25, -0.2) is 14.4 Å². The van der Waals surface area contributed by atoms with Crippen LogP contribution >= 0.6 is 0 Å². The Balaban J connectivity index is 2.07. The fraction of sp³-hybridized carbons (Fsp3) is 0.550. The summed E-state index contributed by atoms with van der Waals surface area (Å²) in [6.45, 7) is 6.78. The van der Waals surface area contributed by atoms with Crippen LogP contribution in [0.1, 0.15) is 54.3 Å². The fourth-order valence-corrected chi connectivity index (χ4v) is 3.02. The normalized spacial score (nSPS) is 15.0. The summed E-state index contributed by atoms with van der Waals surface area (Å²) >= 11 is 0. The van der Waals surface area contributed by atoms with Crippen molar-refractivity contribution in [3.05, 3.63) is 29.3 Å². The van der Waals surface area contributed by atoms with Gasteiger partial charge in [0.25, 0.3) is 0 Å². The summed E-state index contributed by atoms with van der Waals surface area (Å²) in [7, 11) is 2.58. The van der Waals surface area contributed by atoms with Gasteiger partial charge < -0.3 is 24.4 Å². The number of benzene rings is 1. The zero-order valence-corrected chi connectivity index (χ0v) is 17.0. The Morgan fingerprint density at radius 2 is 1.46 bits per heavy atom. The van der Waals surface area contributed by atoms with E-state index in [0.29, 0.717) is 13.1 Å². The number of amides is 1. The molecule has 2 rings (SSSR count). The van der Waals surface area contributed by atoms with E-state index in [-0.39, 0.29) is 17.2 Å². The summed E-state index contributed by atoms with van der Waals surface area (Å²) in [6.07, 6.45) is 1.01. The van der Waals surface area contributed by atoms with Crippen LogP contribution in [0.2, 0.25) is 0 Å². The largest absolute Gasteiger partial charge is 0.465 e. The van der Waals surface area contributed by atoms with Crippen LogP contribution in [-0.4, -0.2) is 57.0 Å². The van der Waals surface area contributed by atoms with Crippen molar-refractivity contribution >= 4 is 23.7 Å². The number of nitrogens with one attached hydrogen (secondary N) is 1. The molecule has 1 aromatic carbocycles. The molecule has 0 aliphatic carbocycles. The molecule has 1 fully saturated rings. The first kappa shape index (κ1) is 21.5. The zero-order valence-electron chi connectivity index (χ0n) is 17.0. The van der Waals surface area contributed by atoms with Crippen molar-refractivity contribution in [2.24, 2.45) is 0 Å². The molecular formula is C20H28N2O6. The molecule has 0 saturated carbocycles. The molecule has 1 saturated heterocycles. The van der Waals surface area contributed by atoms with E-state index in [4.69, 9.17) is 14.2 Å². The first-order valence-electron chi connectivity index (χ1n) is 9.19. The van der Waals surface area contributed by atoms with Crippen molar-refractivity contribution in [1.29, 1.82) is 0 Å². The molecule has 0 atom stereocenters.